The van der Waals surface area contributed by atoms with Gasteiger partial charge in [-0.25, -0.2) is 4.98 Å². The van der Waals surface area contributed by atoms with Crippen LogP contribution in [0.15, 0.2) is 42.6 Å². The molecule has 0 atom stereocenters. The summed E-state index contributed by atoms with van der Waals surface area (Å²) in [5.41, 5.74) is 2.44. The van der Waals surface area contributed by atoms with Crippen LogP contribution >= 0.6 is 0 Å². The SMILES string of the molecule is O=[N+]([O-])c1cccnc1NCc1ccccc1CN1CCCCCC1. The molecule has 6 heteroatoms. The fraction of sp³-hybridized carbons (Fsp3) is 0.421. The van der Waals surface area contributed by atoms with Gasteiger partial charge in [0.1, 0.15) is 0 Å². The molecular weight excluding hydrogens is 316 g/mol. The number of benzene rings is 1. The van der Waals surface area contributed by atoms with Crippen LogP contribution in [0, 0.1) is 10.1 Å². The molecule has 2 aromatic rings. The predicted molar refractivity (Wildman–Crippen MR) is 98.4 cm³/mol. The summed E-state index contributed by atoms with van der Waals surface area (Å²) in [5, 5.41) is 14.2. The minimum atomic E-state index is -0.404. The summed E-state index contributed by atoms with van der Waals surface area (Å²) in [6.07, 6.45) is 6.74. The van der Waals surface area contributed by atoms with Crippen LogP contribution in [0.25, 0.3) is 0 Å². The molecule has 2 heterocycles. The third-order valence-electron chi connectivity index (χ3n) is 4.64. The standard InChI is InChI=1S/C19H24N4O2/c24-23(25)18-10-7-11-20-19(18)21-14-16-8-3-4-9-17(16)15-22-12-5-1-2-6-13-22/h3-4,7-11H,1-2,5-6,12-15H2,(H,20,21). The van der Waals surface area contributed by atoms with Crippen molar-refractivity contribution >= 4 is 11.5 Å². The zero-order chi connectivity index (χ0) is 17.5. The highest BCUT2D eigenvalue weighted by molar-refractivity contribution is 5.55. The quantitative estimate of drug-likeness (QED) is 0.636. The molecule has 25 heavy (non-hydrogen) atoms. The fourth-order valence-corrected chi connectivity index (χ4v) is 3.28. The summed E-state index contributed by atoms with van der Waals surface area (Å²) < 4.78 is 0. The summed E-state index contributed by atoms with van der Waals surface area (Å²) in [5.74, 6) is 0.317. The molecule has 0 bridgehead atoms. The molecule has 6 nitrogen and oxygen atoms in total. The van der Waals surface area contributed by atoms with Gasteiger partial charge in [0.25, 0.3) is 0 Å². The lowest BCUT2D eigenvalue weighted by Crippen LogP contribution is -2.24. The Bertz CT molecular complexity index is 712. The lowest BCUT2D eigenvalue weighted by molar-refractivity contribution is -0.384. The summed E-state index contributed by atoms with van der Waals surface area (Å²) in [6.45, 7) is 3.75. The fourth-order valence-electron chi connectivity index (χ4n) is 3.28. The van der Waals surface area contributed by atoms with E-state index in [4.69, 9.17) is 0 Å². The molecule has 0 radical (unpaired) electrons. The smallest absolute Gasteiger partial charge is 0.311 e. The second kappa shape index (κ2) is 8.58. The predicted octanol–water partition coefficient (Wildman–Crippen LogP) is 3.98. The number of pyridine rings is 1. The second-order valence-corrected chi connectivity index (χ2v) is 6.44. The summed E-state index contributed by atoms with van der Waals surface area (Å²) in [7, 11) is 0. The van der Waals surface area contributed by atoms with E-state index in [-0.39, 0.29) is 5.69 Å². The Morgan fingerprint density at radius 1 is 1.04 bits per heavy atom. The summed E-state index contributed by atoms with van der Waals surface area (Å²) >= 11 is 0. The van der Waals surface area contributed by atoms with Crippen molar-refractivity contribution in [1.29, 1.82) is 0 Å². The number of nitrogens with zero attached hydrogens (tertiary/aromatic N) is 3. The van der Waals surface area contributed by atoms with Crippen LogP contribution < -0.4 is 5.32 Å². The summed E-state index contributed by atoms with van der Waals surface area (Å²) in [4.78, 5) is 17.3. The van der Waals surface area contributed by atoms with Crippen molar-refractivity contribution in [2.24, 2.45) is 0 Å². The van der Waals surface area contributed by atoms with E-state index in [1.165, 1.54) is 37.3 Å². The van der Waals surface area contributed by atoms with Crippen LogP contribution in [0.1, 0.15) is 36.8 Å². The molecule has 0 saturated carbocycles. The van der Waals surface area contributed by atoms with Crippen molar-refractivity contribution < 1.29 is 4.92 Å². The van der Waals surface area contributed by atoms with Crippen LogP contribution in [0.3, 0.4) is 0 Å². The van der Waals surface area contributed by atoms with Gasteiger partial charge in [0.2, 0.25) is 5.82 Å². The highest BCUT2D eigenvalue weighted by atomic mass is 16.6. The van der Waals surface area contributed by atoms with Gasteiger partial charge in [-0.2, -0.15) is 0 Å². The molecule has 132 valence electrons. The van der Waals surface area contributed by atoms with Crippen LogP contribution in [0.5, 0.6) is 0 Å². The first-order chi connectivity index (χ1) is 12.2. The van der Waals surface area contributed by atoms with Crippen molar-refractivity contribution in [3.8, 4) is 0 Å². The lowest BCUT2D eigenvalue weighted by atomic mass is 10.1. The van der Waals surface area contributed by atoms with Gasteiger partial charge in [-0.1, -0.05) is 37.1 Å². The zero-order valence-electron chi connectivity index (χ0n) is 14.4. The van der Waals surface area contributed by atoms with Crippen molar-refractivity contribution in [2.45, 2.75) is 38.8 Å². The Labute approximate surface area is 148 Å². The number of rotatable bonds is 6. The minimum Gasteiger partial charge on any atom is -0.360 e. The van der Waals surface area contributed by atoms with E-state index in [1.54, 1.807) is 12.3 Å². The maximum Gasteiger partial charge on any atom is 0.311 e. The van der Waals surface area contributed by atoms with Gasteiger partial charge in [-0.15, -0.1) is 0 Å². The molecule has 3 rings (SSSR count). The van der Waals surface area contributed by atoms with Gasteiger partial charge < -0.3 is 5.32 Å². The summed E-state index contributed by atoms with van der Waals surface area (Å²) in [6, 6.07) is 11.3. The third-order valence-corrected chi connectivity index (χ3v) is 4.64. The Balaban J connectivity index is 1.70. The topological polar surface area (TPSA) is 71.3 Å². The Morgan fingerprint density at radius 3 is 2.48 bits per heavy atom. The molecule has 1 N–H and O–H groups in total. The molecule has 1 fully saturated rings. The number of nitrogens with one attached hydrogen (secondary N) is 1. The van der Waals surface area contributed by atoms with E-state index in [2.05, 4.69) is 33.4 Å². The molecule has 0 spiro atoms. The first kappa shape index (κ1) is 17.4. The molecule has 0 unspecified atom stereocenters. The monoisotopic (exact) mass is 340 g/mol. The van der Waals surface area contributed by atoms with Crippen LogP contribution in [0.4, 0.5) is 11.5 Å². The molecule has 1 aromatic carbocycles. The van der Waals surface area contributed by atoms with E-state index in [1.807, 2.05) is 6.07 Å². The first-order valence-corrected chi connectivity index (χ1v) is 8.86. The molecule has 1 aromatic heterocycles. The highest BCUT2D eigenvalue weighted by Crippen LogP contribution is 2.22. The molecule has 0 aliphatic carbocycles. The molecular formula is C19H24N4O2. The molecule has 1 saturated heterocycles. The minimum absolute atomic E-state index is 0.00694. The van der Waals surface area contributed by atoms with Gasteiger partial charge in [-0.05, 0) is 43.1 Å². The molecule has 1 aliphatic rings. The maximum absolute atomic E-state index is 11.1. The lowest BCUT2D eigenvalue weighted by Gasteiger charge is -2.21. The average Bonchev–Trinajstić information content (AvgIpc) is 2.90. The largest absolute Gasteiger partial charge is 0.360 e. The van der Waals surface area contributed by atoms with E-state index < -0.39 is 4.92 Å². The van der Waals surface area contributed by atoms with Crippen molar-refractivity contribution in [3.05, 3.63) is 63.8 Å². The number of aromatic nitrogens is 1. The van der Waals surface area contributed by atoms with Gasteiger partial charge in [0.15, 0.2) is 0 Å². The number of hydrogen-bond acceptors (Lipinski definition) is 5. The Hall–Kier alpha value is -2.47. The van der Waals surface area contributed by atoms with Crippen LogP contribution in [-0.4, -0.2) is 27.9 Å². The maximum atomic E-state index is 11.1. The van der Waals surface area contributed by atoms with E-state index in [0.717, 1.165) is 25.2 Å². The van der Waals surface area contributed by atoms with E-state index >= 15 is 0 Å². The van der Waals surface area contributed by atoms with Crippen LogP contribution in [-0.2, 0) is 13.1 Å². The van der Waals surface area contributed by atoms with E-state index in [9.17, 15) is 10.1 Å². The van der Waals surface area contributed by atoms with Gasteiger partial charge in [-0.3, -0.25) is 15.0 Å². The molecule has 1 aliphatic heterocycles. The first-order valence-electron chi connectivity index (χ1n) is 8.86. The third kappa shape index (κ3) is 4.76. The van der Waals surface area contributed by atoms with Crippen molar-refractivity contribution in [3.63, 3.8) is 0 Å². The van der Waals surface area contributed by atoms with Crippen molar-refractivity contribution in [1.82, 2.24) is 9.88 Å². The number of likely N-dealkylation sites (tertiary alicyclic amines) is 1. The van der Waals surface area contributed by atoms with Gasteiger partial charge in [0.05, 0.1) is 4.92 Å². The number of anilines is 1. The van der Waals surface area contributed by atoms with Gasteiger partial charge >= 0.3 is 5.69 Å². The van der Waals surface area contributed by atoms with Gasteiger partial charge in [0, 0.05) is 25.4 Å². The van der Waals surface area contributed by atoms with E-state index in [0.29, 0.717) is 12.4 Å². The Morgan fingerprint density at radius 2 is 1.76 bits per heavy atom. The highest BCUT2D eigenvalue weighted by Gasteiger charge is 2.15. The van der Waals surface area contributed by atoms with Crippen molar-refractivity contribution in [2.75, 3.05) is 18.4 Å². The number of hydrogen-bond donors (Lipinski definition) is 1. The Kier molecular flexibility index (Phi) is 5.95. The molecule has 0 amide bonds. The second-order valence-electron chi connectivity index (χ2n) is 6.44. The van der Waals surface area contributed by atoms with Crippen LogP contribution in [0.2, 0.25) is 0 Å². The normalized spacial score (nSPS) is 15.5. The average molecular weight is 340 g/mol. The number of nitro groups is 1. The zero-order valence-corrected chi connectivity index (χ0v) is 14.4.